The monoisotopic (exact) mass is 257 g/mol. The van der Waals surface area contributed by atoms with Crippen LogP contribution in [0.4, 0.5) is 5.69 Å². The van der Waals surface area contributed by atoms with Gasteiger partial charge in [-0.25, -0.2) is 0 Å². The zero-order chi connectivity index (χ0) is 12.7. The fourth-order valence-corrected chi connectivity index (χ4v) is 2.71. The molecule has 1 aliphatic heterocycles. The van der Waals surface area contributed by atoms with Crippen LogP contribution in [0.1, 0.15) is 28.3 Å². The van der Waals surface area contributed by atoms with Gasteiger partial charge in [0.1, 0.15) is 0 Å². The molecule has 1 atom stereocenters. The summed E-state index contributed by atoms with van der Waals surface area (Å²) < 4.78 is 0. The van der Waals surface area contributed by atoms with E-state index in [1.807, 2.05) is 6.07 Å². The summed E-state index contributed by atoms with van der Waals surface area (Å²) in [6.07, 6.45) is 1.01. The molecule has 18 heavy (non-hydrogen) atoms. The molecule has 0 spiro atoms. The van der Waals surface area contributed by atoms with Gasteiger partial charge in [-0.05, 0) is 60.7 Å². The van der Waals surface area contributed by atoms with E-state index in [0.717, 1.165) is 11.4 Å². The van der Waals surface area contributed by atoms with Gasteiger partial charge in [0.05, 0.1) is 6.04 Å². The number of fused-ring (bicyclic) bond motifs is 1. The third-order valence-corrected chi connectivity index (χ3v) is 3.99. The van der Waals surface area contributed by atoms with Crippen LogP contribution in [0, 0.1) is 13.8 Å². The number of benzene rings is 2. The predicted molar refractivity (Wildman–Crippen MR) is 77.4 cm³/mol. The lowest BCUT2D eigenvalue weighted by molar-refractivity contribution is 0.822. The normalized spacial score (nSPS) is 17.4. The van der Waals surface area contributed by atoms with E-state index in [9.17, 15) is 0 Å². The van der Waals surface area contributed by atoms with Gasteiger partial charge in [-0.3, -0.25) is 0 Å². The van der Waals surface area contributed by atoms with Crippen molar-refractivity contribution < 1.29 is 0 Å². The minimum absolute atomic E-state index is 0.373. The molecule has 0 aromatic heterocycles. The molecule has 1 N–H and O–H groups in total. The third-order valence-electron chi connectivity index (χ3n) is 3.75. The average Bonchev–Trinajstić information content (AvgIpc) is 2.75. The molecule has 1 heterocycles. The van der Waals surface area contributed by atoms with E-state index >= 15 is 0 Å². The Kier molecular flexibility index (Phi) is 2.79. The molecule has 2 aromatic rings. The van der Waals surface area contributed by atoms with Crippen LogP contribution in [0.3, 0.4) is 0 Å². The Balaban J connectivity index is 1.91. The van der Waals surface area contributed by atoms with Crippen molar-refractivity contribution in [1.29, 1.82) is 0 Å². The van der Waals surface area contributed by atoms with Crippen LogP contribution in [0.15, 0.2) is 36.4 Å². The van der Waals surface area contributed by atoms with Gasteiger partial charge in [0.2, 0.25) is 0 Å². The molecule has 0 radical (unpaired) electrons. The first-order valence-corrected chi connectivity index (χ1v) is 6.63. The number of nitrogens with one attached hydrogen (secondary N) is 1. The summed E-state index contributed by atoms with van der Waals surface area (Å²) in [5.41, 5.74) is 6.57. The maximum Gasteiger partial charge on any atom is 0.0555 e. The second-order valence-electron chi connectivity index (χ2n) is 5.05. The van der Waals surface area contributed by atoms with Crippen molar-refractivity contribution in [2.45, 2.75) is 26.3 Å². The van der Waals surface area contributed by atoms with Gasteiger partial charge in [-0.15, -0.1) is 0 Å². The molecular weight excluding hydrogens is 242 g/mol. The minimum atomic E-state index is 0.373. The highest BCUT2D eigenvalue weighted by atomic mass is 35.5. The molecule has 1 aliphatic rings. The minimum Gasteiger partial charge on any atom is -0.378 e. The van der Waals surface area contributed by atoms with Crippen molar-refractivity contribution in [3.8, 4) is 0 Å². The summed E-state index contributed by atoms with van der Waals surface area (Å²) in [5, 5.41) is 4.38. The largest absolute Gasteiger partial charge is 0.378 e. The van der Waals surface area contributed by atoms with E-state index in [1.54, 1.807) is 0 Å². The SMILES string of the molecule is Cc1ccc(C2Cc3cc(Cl)ccc3N2)cc1C. The Hall–Kier alpha value is -1.47. The van der Waals surface area contributed by atoms with Crippen LogP contribution in [0.25, 0.3) is 0 Å². The highest BCUT2D eigenvalue weighted by Gasteiger charge is 2.22. The summed E-state index contributed by atoms with van der Waals surface area (Å²) in [6.45, 7) is 4.31. The Bertz CT molecular complexity index is 604. The first-order chi connectivity index (χ1) is 8.63. The number of anilines is 1. The Morgan fingerprint density at radius 2 is 1.89 bits per heavy atom. The van der Waals surface area contributed by atoms with Crippen molar-refractivity contribution in [3.63, 3.8) is 0 Å². The van der Waals surface area contributed by atoms with Crippen LogP contribution in [-0.2, 0) is 6.42 Å². The molecule has 2 heteroatoms. The number of rotatable bonds is 1. The van der Waals surface area contributed by atoms with Gasteiger partial charge in [0, 0.05) is 10.7 Å². The Morgan fingerprint density at radius 1 is 1.06 bits per heavy atom. The van der Waals surface area contributed by atoms with Crippen LogP contribution in [0.2, 0.25) is 5.02 Å². The van der Waals surface area contributed by atoms with Crippen molar-refractivity contribution >= 4 is 17.3 Å². The maximum atomic E-state index is 6.04. The summed E-state index contributed by atoms with van der Waals surface area (Å²) in [5.74, 6) is 0. The van der Waals surface area contributed by atoms with E-state index in [-0.39, 0.29) is 0 Å². The Morgan fingerprint density at radius 3 is 2.67 bits per heavy atom. The molecular formula is C16H16ClN. The highest BCUT2D eigenvalue weighted by Crippen LogP contribution is 2.35. The molecule has 0 aliphatic carbocycles. The molecule has 0 amide bonds. The molecule has 92 valence electrons. The zero-order valence-corrected chi connectivity index (χ0v) is 11.4. The maximum absolute atomic E-state index is 6.04. The second-order valence-corrected chi connectivity index (χ2v) is 5.48. The summed E-state index contributed by atoms with van der Waals surface area (Å²) in [6, 6.07) is 13.1. The van der Waals surface area contributed by atoms with E-state index in [2.05, 4.69) is 49.5 Å². The van der Waals surface area contributed by atoms with Crippen molar-refractivity contribution in [2.75, 3.05) is 5.32 Å². The van der Waals surface area contributed by atoms with Crippen molar-refractivity contribution in [1.82, 2.24) is 0 Å². The first kappa shape index (κ1) is 11.6. The smallest absolute Gasteiger partial charge is 0.0555 e. The Labute approximate surface area is 113 Å². The molecule has 2 aromatic carbocycles. The van der Waals surface area contributed by atoms with Crippen LogP contribution in [0.5, 0.6) is 0 Å². The second kappa shape index (κ2) is 4.33. The summed E-state index contributed by atoms with van der Waals surface area (Å²) in [4.78, 5) is 0. The zero-order valence-electron chi connectivity index (χ0n) is 10.6. The van der Waals surface area contributed by atoms with Gasteiger partial charge in [-0.2, -0.15) is 0 Å². The van der Waals surface area contributed by atoms with Crippen molar-refractivity contribution in [3.05, 3.63) is 63.7 Å². The highest BCUT2D eigenvalue weighted by molar-refractivity contribution is 6.30. The first-order valence-electron chi connectivity index (χ1n) is 6.25. The predicted octanol–water partition coefficient (Wildman–Crippen LogP) is 4.67. The molecule has 0 saturated heterocycles. The van der Waals surface area contributed by atoms with E-state index in [4.69, 9.17) is 11.6 Å². The lowest BCUT2D eigenvalue weighted by Crippen LogP contribution is -2.06. The quantitative estimate of drug-likeness (QED) is 0.783. The summed E-state index contributed by atoms with van der Waals surface area (Å²) >= 11 is 6.04. The van der Waals surface area contributed by atoms with Gasteiger partial charge in [0.25, 0.3) is 0 Å². The van der Waals surface area contributed by atoms with E-state index < -0.39 is 0 Å². The van der Waals surface area contributed by atoms with Gasteiger partial charge < -0.3 is 5.32 Å². The number of hydrogen-bond donors (Lipinski definition) is 1. The molecule has 1 unspecified atom stereocenters. The standard InChI is InChI=1S/C16H16ClN/c1-10-3-4-12(7-11(10)2)16-9-13-8-14(17)5-6-15(13)18-16/h3-8,16,18H,9H2,1-2H3. The fraction of sp³-hybridized carbons (Fsp3) is 0.250. The number of hydrogen-bond acceptors (Lipinski definition) is 1. The third kappa shape index (κ3) is 1.99. The fourth-order valence-electron chi connectivity index (χ4n) is 2.51. The van der Waals surface area contributed by atoms with Gasteiger partial charge in [0.15, 0.2) is 0 Å². The van der Waals surface area contributed by atoms with E-state index in [1.165, 1.54) is 27.9 Å². The lowest BCUT2D eigenvalue weighted by atomic mass is 9.99. The summed E-state index contributed by atoms with van der Waals surface area (Å²) in [7, 11) is 0. The van der Waals surface area contributed by atoms with Crippen molar-refractivity contribution in [2.24, 2.45) is 0 Å². The molecule has 0 bridgehead atoms. The lowest BCUT2D eigenvalue weighted by Gasteiger charge is -2.13. The van der Waals surface area contributed by atoms with E-state index in [0.29, 0.717) is 6.04 Å². The number of aryl methyl sites for hydroxylation is 2. The van der Waals surface area contributed by atoms with Crippen LogP contribution < -0.4 is 5.32 Å². The van der Waals surface area contributed by atoms with Gasteiger partial charge in [-0.1, -0.05) is 29.8 Å². The average molecular weight is 258 g/mol. The molecule has 3 rings (SSSR count). The van der Waals surface area contributed by atoms with Gasteiger partial charge >= 0.3 is 0 Å². The molecule has 1 nitrogen and oxygen atoms in total. The van der Waals surface area contributed by atoms with Crippen LogP contribution >= 0.6 is 11.6 Å². The topological polar surface area (TPSA) is 12.0 Å². The van der Waals surface area contributed by atoms with Crippen LogP contribution in [-0.4, -0.2) is 0 Å². The molecule has 0 saturated carbocycles. The number of halogens is 1. The molecule has 0 fully saturated rings.